The van der Waals surface area contributed by atoms with Crippen LogP contribution in [0.4, 0.5) is 4.79 Å². The second kappa shape index (κ2) is 9.15. The van der Waals surface area contributed by atoms with E-state index in [1.54, 1.807) is 6.92 Å². The van der Waals surface area contributed by atoms with E-state index in [0.717, 1.165) is 0 Å². The summed E-state index contributed by atoms with van der Waals surface area (Å²) in [4.78, 5) is 32.7. The summed E-state index contributed by atoms with van der Waals surface area (Å²) < 4.78 is 5.09. The maximum atomic E-state index is 11.5. The van der Waals surface area contributed by atoms with Gasteiger partial charge in [-0.25, -0.2) is 9.59 Å². The van der Waals surface area contributed by atoms with E-state index in [1.165, 1.54) is 0 Å². The third-order valence-corrected chi connectivity index (χ3v) is 2.20. The Hall–Kier alpha value is -1.83. The molecule has 0 heterocycles. The number of urea groups is 1. The number of hydrogen-bond acceptors (Lipinski definition) is 4. The van der Waals surface area contributed by atoms with E-state index in [2.05, 4.69) is 10.6 Å². The summed E-state index contributed by atoms with van der Waals surface area (Å²) >= 11 is 0. The molecule has 0 radical (unpaired) electrons. The van der Waals surface area contributed by atoms with Crippen LogP contribution >= 0.6 is 0 Å². The fourth-order valence-electron chi connectivity index (χ4n) is 1.29. The topological polar surface area (TPSA) is 125 Å². The molecule has 0 saturated carbocycles. The molecular weight excluding hydrogens is 256 g/mol. The molecule has 8 heteroatoms. The van der Waals surface area contributed by atoms with E-state index in [0.29, 0.717) is 13.2 Å². The summed E-state index contributed by atoms with van der Waals surface area (Å²) in [6, 6.07) is -2.16. The molecule has 0 fully saturated rings. The minimum atomic E-state index is -1.27. The van der Waals surface area contributed by atoms with Gasteiger partial charge in [0.2, 0.25) is 0 Å². The van der Waals surface area contributed by atoms with E-state index in [1.807, 2.05) is 6.92 Å². The van der Waals surface area contributed by atoms with Crippen molar-refractivity contribution in [2.45, 2.75) is 38.8 Å². The van der Waals surface area contributed by atoms with Crippen LogP contribution in [0.5, 0.6) is 0 Å². The molecule has 0 aliphatic heterocycles. The Morgan fingerprint density at radius 3 is 2.32 bits per heavy atom. The molecule has 0 aromatic heterocycles. The van der Waals surface area contributed by atoms with Gasteiger partial charge >= 0.3 is 18.0 Å². The zero-order valence-electron chi connectivity index (χ0n) is 11.0. The summed E-state index contributed by atoms with van der Waals surface area (Å²) in [6.45, 7) is 4.36. The van der Waals surface area contributed by atoms with Crippen LogP contribution in [0, 0.1) is 0 Å². The van der Waals surface area contributed by atoms with Gasteiger partial charge in [0.15, 0.2) is 0 Å². The Morgan fingerprint density at radius 1 is 1.21 bits per heavy atom. The zero-order chi connectivity index (χ0) is 14.8. The molecule has 0 saturated heterocycles. The third-order valence-electron chi connectivity index (χ3n) is 2.20. The van der Waals surface area contributed by atoms with Crippen molar-refractivity contribution < 1.29 is 29.3 Å². The Balaban J connectivity index is 4.16. The van der Waals surface area contributed by atoms with Gasteiger partial charge < -0.3 is 25.6 Å². The predicted octanol–water partition coefficient (Wildman–Crippen LogP) is 0.0286. The smallest absolute Gasteiger partial charge is 0.326 e. The number of carboxylic acids is 2. The highest BCUT2D eigenvalue weighted by Crippen LogP contribution is 1.98. The highest BCUT2D eigenvalue weighted by atomic mass is 16.5. The average Bonchev–Trinajstić information content (AvgIpc) is 2.31. The molecular formula is C11H20N2O6. The number of carbonyl (C=O) groups is 3. The maximum absolute atomic E-state index is 11.5. The molecule has 0 aromatic carbocycles. The van der Waals surface area contributed by atoms with Crippen LogP contribution in [0.2, 0.25) is 0 Å². The molecule has 0 aliphatic rings. The molecule has 0 aliphatic carbocycles. The van der Waals surface area contributed by atoms with Crippen molar-refractivity contribution in [2.24, 2.45) is 0 Å². The van der Waals surface area contributed by atoms with Gasteiger partial charge in [0.25, 0.3) is 0 Å². The SMILES string of the molecule is CCOCC(C)NC(=O)NC(CCC(=O)O)C(=O)O. The molecule has 0 bridgehead atoms. The lowest BCUT2D eigenvalue weighted by molar-refractivity contribution is -0.140. The van der Waals surface area contributed by atoms with Gasteiger partial charge in [-0.2, -0.15) is 0 Å². The molecule has 8 nitrogen and oxygen atoms in total. The first kappa shape index (κ1) is 17.2. The van der Waals surface area contributed by atoms with Gasteiger partial charge in [-0.3, -0.25) is 4.79 Å². The quantitative estimate of drug-likeness (QED) is 0.471. The van der Waals surface area contributed by atoms with Gasteiger partial charge in [-0.05, 0) is 20.3 Å². The van der Waals surface area contributed by atoms with Crippen LogP contribution in [0.1, 0.15) is 26.7 Å². The molecule has 2 amide bonds. The first-order valence-corrected chi connectivity index (χ1v) is 5.96. The van der Waals surface area contributed by atoms with Crippen molar-refractivity contribution in [1.82, 2.24) is 10.6 Å². The molecule has 110 valence electrons. The highest BCUT2D eigenvalue weighted by molar-refractivity contribution is 5.83. The first-order chi connectivity index (χ1) is 8.86. The van der Waals surface area contributed by atoms with E-state index in [4.69, 9.17) is 14.9 Å². The second-order valence-corrected chi connectivity index (χ2v) is 4.00. The minimum absolute atomic E-state index is 0.169. The van der Waals surface area contributed by atoms with Gasteiger partial charge in [-0.15, -0.1) is 0 Å². The summed E-state index contributed by atoms with van der Waals surface area (Å²) in [6.07, 6.45) is -0.496. The minimum Gasteiger partial charge on any atom is -0.481 e. The van der Waals surface area contributed by atoms with Crippen LogP contribution < -0.4 is 10.6 Å². The number of carboxylic acid groups (broad SMARTS) is 2. The van der Waals surface area contributed by atoms with Crippen molar-refractivity contribution in [2.75, 3.05) is 13.2 Å². The van der Waals surface area contributed by atoms with Crippen molar-refractivity contribution in [3.63, 3.8) is 0 Å². The van der Waals surface area contributed by atoms with Crippen LogP contribution in [0.25, 0.3) is 0 Å². The van der Waals surface area contributed by atoms with Crippen molar-refractivity contribution in [3.05, 3.63) is 0 Å². The fourth-order valence-corrected chi connectivity index (χ4v) is 1.29. The predicted molar refractivity (Wildman–Crippen MR) is 65.9 cm³/mol. The lowest BCUT2D eigenvalue weighted by Crippen LogP contribution is -2.49. The third kappa shape index (κ3) is 8.83. The normalized spacial score (nSPS) is 13.4. The maximum Gasteiger partial charge on any atom is 0.326 e. The van der Waals surface area contributed by atoms with Crippen LogP contribution in [-0.4, -0.2) is 53.5 Å². The molecule has 4 N–H and O–H groups in total. The molecule has 0 spiro atoms. The molecule has 2 atom stereocenters. The summed E-state index contributed by atoms with van der Waals surface area (Å²) in [7, 11) is 0. The van der Waals surface area contributed by atoms with Crippen LogP contribution in [0.15, 0.2) is 0 Å². The lowest BCUT2D eigenvalue weighted by Gasteiger charge is -2.17. The molecule has 19 heavy (non-hydrogen) atoms. The van der Waals surface area contributed by atoms with E-state index >= 15 is 0 Å². The van der Waals surface area contributed by atoms with Gasteiger partial charge in [-0.1, -0.05) is 0 Å². The van der Waals surface area contributed by atoms with E-state index < -0.39 is 24.0 Å². The number of hydrogen-bond donors (Lipinski definition) is 4. The first-order valence-electron chi connectivity index (χ1n) is 5.96. The number of carbonyl (C=O) groups excluding carboxylic acids is 1. The second-order valence-electron chi connectivity index (χ2n) is 4.00. The Morgan fingerprint density at radius 2 is 1.84 bits per heavy atom. The monoisotopic (exact) mass is 276 g/mol. The van der Waals surface area contributed by atoms with Crippen LogP contribution in [0.3, 0.4) is 0 Å². The summed E-state index contributed by atoms with van der Waals surface area (Å²) in [5.74, 6) is -2.38. The van der Waals surface area contributed by atoms with Gasteiger partial charge in [0.05, 0.1) is 12.6 Å². The number of ether oxygens (including phenoxy) is 1. The fraction of sp³-hybridized carbons (Fsp3) is 0.727. The Bertz CT molecular complexity index is 320. The van der Waals surface area contributed by atoms with E-state index in [9.17, 15) is 14.4 Å². The summed E-state index contributed by atoms with van der Waals surface area (Å²) in [5, 5.41) is 22.0. The number of amides is 2. The number of aliphatic carboxylic acids is 2. The van der Waals surface area contributed by atoms with Crippen molar-refractivity contribution in [3.8, 4) is 0 Å². The van der Waals surface area contributed by atoms with Crippen molar-refractivity contribution in [1.29, 1.82) is 0 Å². The highest BCUT2D eigenvalue weighted by Gasteiger charge is 2.21. The van der Waals surface area contributed by atoms with Crippen LogP contribution in [-0.2, 0) is 14.3 Å². The standard InChI is InChI=1S/C11H20N2O6/c1-3-19-6-7(2)12-11(18)13-8(10(16)17)4-5-9(14)15/h7-8H,3-6H2,1-2H3,(H,14,15)(H,16,17)(H2,12,13,18). The largest absolute Gasteiger partial charge is 0.481 e. The average molecular weight is 276 g/mol. The zero-order valence-corrected chi connectivity index (χ0v) is 11.0. The Kier molecular flexibility index (Phi) is 8.27. The molecule has 0 aromatic rings. The number of rotatable bonds is 9. The van der Waals surface area contributed by atoms with Crippen molar-refractivity contribution >= 4 is 18.0 Å². The van der Waals surface area contributed by atoms with Gasteiger partial charge in [0.1, 0.15) is 6.04 Å². The van der Waals surface area contributed by atoms with E-state index in [-0.39, 0.29) is 18.9 Å². The number of nitrogens with one attached hydrogen (secondary N) is 2. The Labute approximate surface area is 111 Å². The molecule has 0 rings (SSSR count). The van der Waals surface area contributed by atoms with Gasteiger partial charge in [0, 0.05) is 13.0 Å². The molecule has 2 unspecified atom stereocenters. The summed E-state index contributed by atoms with van der Waals surface area (Å²) in [5.41, 5.74) is 0. The lowest BCUT2D eigenvalue weighted by atomic mass is 10.1.